The minimum Gasteiger partial charge on any atom is -0.492 e. The van der Waals surface area contributed by atoms with Crippen molar-refractivity contribution in [1.29, 1.82) is 0 Å². The lowest BCUT2D eigenvalue weighted by molar-refractivity contribution is 0.112. The van der Waals surface area contributed by atoms with Crippen molar-refractivity contribution < 1.29 is 42.7 Å². The second-order valence-corrected chi connectivity index (χ2v) is 25.6. The highest BCUT2D eigenvalue weighted by Gasteiger charge is 2.16. The molecule has 15 rings (SSSR count). The lowest BCUT2D eigenvalue weighted by atomic mass is 10.1. The maximum atomic E-state index is 12.7. The van der Waals surface area contributed by atoms with Crippen molar-refractivity contribution in [3.05, 3.63) is 267 Å². The van der Waals surface area contributed by atoms with Gasteiger partial charge in [-0.05, 0) is 131 Å². The van der Waals surface area contributed by atoms with Crippen LogP contribution in [0, 0.1) is 0 Å². The van der Waals surface area contributed by atoms with Crippen LogP contribution in [0.25, 0.3) is 99.2 Å². The fourth-order valence-electron chi connectivity index (χ4n) is 12.3. The quantitative estimate of drug-likeness (QED) is 0.0157. The predicted octanol–water partition coefficient (Wildman–Crippen LogP) is 14.7. The molecule has 15 aromatic rings. The first kappa shape index (κ1) is 84.4. The predicted molar refractivity (Wildman–Crippen MR) is 450 cm³/mol. The number of carbonyl (C=O) groups excluding carboxylic acids is 1. The molecule has 0 aliphatic carbocycles. The highest BCUT2D eigenvalue weighted by Crippen LogP contribution is 2.31. The maximum absolute atomic E-state index is 12.7. The monoisotopic (exact) mass is 1530 g/mol. The SMILES string of the molecule is C.C.C.COCCN(CCOc1ccc2[nH]c(-c3cc4ccccc4[nH]c3=O)cc2c1)Cc1ccccc1.COCCN(CCOc1ccc2[nH]c(-c3cc4ccccc4[nH]c3=O)cc2c1)Cc1cnc(OC)nc1.COCCNCCOc1ccc2[nH]c(-c3cc4ccccc4[nH]c3=O)cc2c1.COc1ncc(C=O)cn1. The van der Waals surface area contributed by atoms with Gasteiger partial charge in [-0.1, -0.05) is 107 Å². The maximum Gasteiger partial charge on any atom is 0.316 e. The first-order valence-electron chi connectivity index (χ1n) is 35.9. The largest absolute Gasteiger partial charge is 0.492 e. The first-order valence-corrected chi connectivity index (χ1v) is 35.9. The molecule has 588 valence electrons. The molecule has 0 saturated heterocycles. The number of benzene rings is 7. The van der Waals surface area contributed by atoms with Gasteiger partial charge in [0.25, 0.3) is 16.7 Å². The smallest absolute Gasteiger partial charge is 0.316 e. The van der Waals surface area contributed by atoms with Gasteiger partial charge in [0.1, 0.15) is 37.1 Å². The molecule has 0 atom stereocenters. The molecule has 25 heteroatoms. The van der Waals surface area contributed by atoms with Crippen LogP contribution in [0.3, 0.4) is 0 Å². The van der Waals surface area contributed by atoms with Gasteiger partial charge < -0.3 is 73.1 Å². The van der Waals surface area contributed by atoms with Crippen LogP contribution in [-0.4, -0.2) is 180 Å². The molecule has 0 unspecified atom stereocenters. The topological polar surface area (TPSA) is 307 Å². The number of carbonyl (C=O) groups is 1. The van der Waals surface area contributed by atoms with Gasteiger partial charge in [-0.15, -0.1) is 0 Å². The summed E-state index contributed by atoms with van der Waals surface area (Å²) in [7, 11) is 8.12. The summed E-state index contributed by atoms with van der Waals surface area (Å²) in [6.45, 7) is 9.83. The molecule has 7 aromatic carbocycles. The highest BCUT2D eigenvalue weighted by molar-refractivity contribution is 5.92. The van der Waals surface area contributed by atoms with Crippen LogP contribution in [-0.2, 0) is 27.3 Å². The average Bonchev–Trinajstić information content (AvgIpc) is 1.61. The fourth-order valence-corrected chi connectivity index (χ4v) is 12.3. The standard InChI is InChI=1S/C29H29N3O3.C28H29N5O4.C22H23N3O3.C6H6N2O2.3CH4/c1-34-15-13-32(20-21-7-3-2-4-8-21)14-16-35-24-11-12-27-23(17-24)19-28(30-27)25-18-22-9-5-6-10-26(22)31-29(25)33;1-35-11-9-33(18-19-16-29-28(36-2)30-17-19)10-12-37-22-7-8-25-21(13-22)15-26(31-25)23-14-20-5-3-4-6-24(20)32-27(23)34;1-27-10-8-23-9-11-28-17-6-7-20-16(12-17)14-21(24-20)18-13-15-4-2-3-5-19(15)25-22(18)26;1-10-6-7-2-5(4-9)3-8-6;;;/h2-12,17-19,30H,13-16,20H2,1H3,(H,31,33);3-8,13-17,31H,9-12,18H2,1-2H3,(H,32,34);2-7,12-14,23-24H,8-11H2,1H3,(H,25,26);2-4H,1H3;3*1H4. The molecule has 0 spiro atoms. The summed E-state index contributed by atoms with van der Waals surface area (Å²) in [6.07, 6.45) is 7.02. The summed E-state index contributed by atoms with van der Waals surface area (Å²) >= 11 is 0. The van der Waals surface area contributed by atoms with Crippen LogP contribution in [0.4, 0.5) is 0 Å². The van der Waals surface area contributed by atoms with E-state index in [0.29, 0.717) is 87.3 Å². The van der Waals surface area contributed by atoms with Gasteiger partial charge in [0, 0.05) is 153 Å². The Morgan fingerprint density at radius 3 is 1.09 bits per heavy atom. The Morgan fingerprint density at radius 2 is 0.699 bits per heavy atom. The molecular weight excluding hydrogens is 1430 g/mol. The number of aldehydes is 1. The van der Waals surface area contributed by atoms with E-state index in [-0.39, 0.29) is 45.0 Å². The van der Waals surface area contributed by atoms with Gasteiger partial charge >= 0.3 is 12.0 Å². The molecular formula is C88H99N13O12. The number of rotatable bonds is 31. The van der Waals surface area contributed by atoms with Crippen LogP contribution < -0.4 is 45.7 Å². The van der Waals surface area contributed by atoms with Crippen molar-refractivity contribution in [1.82, 2.24) is 65.0 Å². The molecule has 0 radical (unpaired) electrons. The normalized spacial score (nSPS) is 10.9. The van der Waals surface area contributed by atoms with Crippen LogP contribution in [0.1, 0.15) is 43.8 Å². The summed E-state index contributed by atoms with van der Waals surface area (Å²) in [5.74, 6) is 2.38. The molecule has 25 nitrogen and oxygen atoms in total. The van der Waals surface area contributed by atoms with E-state index in [9.17, 15) is 19.2 Å². The second-order valence-electron chi connectivity index (χ2n) is 25.6. The number of ether oxygens (including phenoxy) is 8. The van der Waals surface area contributed by atoms with Gasteiger partial charge in [-0.3, -0.25) is 29.0 Å². The minimum atomic E-state index is -0.125. The molecule has 113 heavy (non-hydrogen) atoms. The Labute approximate surface area is 655 Å². The number of nitrogens with one attached hydrogen (secondary N) is 7. The number of fused-ring (bicyclic) bond motifs is 6. The van der Waals surface area contributed by atoms with Crippen LogP contribution in [0.2, 0.25) is 0 Å². The Bertz CT molecular complexity index is 5670. The summed E-state index contributed by atoms with van der Waals surface area (Å²) in [5.41, 5.74) is 11.9. The van der Waals surface area contributed by atoms with E-state index in [1.165, 1.54) is 25.1 Å². The summed E-state index contributed by atoms with van der Waals surface area (Å²) < 4.78 is 43.2. The Hall–Kier alpha value is -12.6. The number of nitrogens with zero attached hydrogens (tertiary/aromatic N) is 6. The summed E-state index contributed by atoms with van der Waals surface area (Å²) in [5, 5.41) is 9.22. The van der Waals surface area contributed by atoms with E-state index in [1.54, 1.807) is 40.8 Å². The molecule has 0 bridgehead atoms. The minimum absolute atomic E-state index is 0. The third-order valence-electron chi connectivity index (χ3n) is 18.0. The second kappa shape index (κ2) is 42.5. The number of H-pyrrole nitrogens is 6. The Balaban J connectivity index is 0.000000182. The van der Waals surface area contributed by atoms with E-state index >= 15 is 0 Å². The van der Waals surface area contributed by atoms with Crippen molar-refractivity contribution in [2.45, 2.75) is 35.4 Å². The van der Waals surface area contributed by atoms with Gasteiger partial charge in [0.05, 0.1) is 73.4 Å². The van der Waals surface area contributed by atoms with Gasteiger partial charge in [-0.25, -0.2) is 19.9 Å². The summed E-state index contributed by atoms with van der Waals surface area (Å²) in [6, 6.07) is 63.9. The number of hydrogen-bond acceptors (Lipinski definition) is 19. The number of hydrogen-bond donors (Lipinski definition) is 7. The molecule has 0 amide bonds. The average molecular weight is 1530 g/mol. The Morgan fingerprint density at radius 1 is 0.354 bits per heavy atom. The Kier molecular flexibility index (Phi) is 31.8. The number of para-hydroxylation sites is 3. The van der Waals surface area contributed by atoms with E-state index in [1.807, 2.05) is 170 Å². The molecule has 0 aliphatic heterocycles. The van der Waals surface area contributed by atoms with Gasteiger partial charge in [-0.2, -0.15) is 0 Å². The number of methoxy groups -OCH3 is 5. The van der Waals surface area contributed by atoms with Crippen molar-refractivity contribution in [2.24, 2.45) is 0 Å². The molecule has 0 aliphatic rings. The first-order chi connectivity index (χ1) is 53.9. The van der Waals surface area contributed by atoms with Crippen molar-refractivity contribution in [3.8, 4) is 63.0 Å². The third-order valence-corrected chi connectivity index (χ3v) is 18.0. The molecule has 8 heterocycles. The molecule has 0 saturated carbocycles. The van der Waals surface area contributed by atoms with Crippen LogP contribution in [0.15, 0.2) is 233 Å². The molecule has 0 fully saturated rings. The van der Waals surface area contributed by atoms with Crippen molar-refractivity contribution >= 4 is 71.7 Å². The number of aromatic nitrogens is 10. The number of aromatic amines is 6. The van der Waals surface area contributed by atoms with Gasteiger partial charge in [0.2, 0.25) is 0 Å². The lowest BCUT2D eigenvalue weighted by Crippen LogP contribution is -2.31. The zero-order valence-corrected chi connectivity index (χ0v) is 61.8. The molecule has 8 aromatic heterocycles. The van der Waals surface area contributed by atoms with E-state index in [2.05, 4.69) is 94.0 Å². The van der Waals surface area contributed by atoms with E-state index in [0.717, 1.165) is 145 Å². The summed E-state index contributed by atoms with van der Waals surface area (Å²) in [4.78, 5) is 87.2. The van der Waals surface area contributed by atoms with Crippen LogP contribution >= 0.6 is 0 Å². The zero-order valence-electron chi connectivity index (χ0n) is 61.8. The third kappa shape index (κ3) is 23.2. The van der Waals surface area contributed by atoms with Crippen LogP contribution in [0.5, 0.6) is 29.3 Å². The van der Waals surface area contributed by atoms with Crippen molar-refractivity contribution in [3.63, 3.8) is 0 Å². The van der Waals surface area contributed by atoms with Gasteiger partial charge in [0.15, 0.2) is 6.29 Å². The van der Waals surface area contributed by atoms with E-state index < -0.39 is 0 Å². The van der Waals surface area contributed by atoms with Crippen molar-refractivity contribution in [2.75, 3.05) is 114 Å². The highest BCUT2D eigenvalue weighted by atomic mass is 16.5. The lowest BCUT2D eigenvalue weighted by Gasteiger charge is -2.22. The molecule has 7 N–H and O–H groups in total. The van der Waals surface area contributed by atoms with E-state index in [4.69, 9.17) is 33.2 Å². The number of pyridine rings is 3. The zero-order chi connectivity index (χ0) is 76.4. The fraction of sp³-hybridized carbons (Fsp3) is 0.250.